The molecule has 4 nitrogen and oxygen atoms in total. The van der Waals surface area contributed by atoms with Crippen LogP contribution in [0.1, 0.15) is 43.5 Å². The standard InChI is InChI=1S/C16H20BrN3O/c1-2-16(8-3-9-18-11-16)15-19-14(20-21-15)10-12-4-6-13(17)7-5-12/h4-7,18H,2-3,8-11H2,1H3. The van der Waals surface area contributed by atoms with Gasteiger partial charge in [-0.3, -0.25) is 0 Å². The van der Waals surface area contributed by atoms with Crippen molar-refractivity contribution in [2.45, 2.75) is 38.0 Å². The van der Waals surface area contributed by atoms with Crippen LogP contribution in [-0.4, -0.2) is 23.2 Å². The summed E-state index contributed by atoms with van der Waals surface area (Å²) in [6.07, 6.45) is 4.03. The Bertz CT molecular complexity index is 588. The van der Waals surface area contributed by atoms with Crippen LogP contribution in [0.15, 0.2) is 33.3 Å². The SMILES string of the molecule is CCC1(c2nc(Cc3ccc(Br)cc3)no2)CCCNC1. The summed E-state index contributed by atoms with van der Waals surface area (Å²) in [5.74, 6) is 1.56. The Morgan fingerprint density at radius 2 is 2.14 bits per heavy atom. The number of halogens is 1. The second kappa shape index (κ2) is 6.28. The molecule has 1 N–H and O–H groups in total. The lowest BCUT2D eigenvalue weighted by molar-refractivity contribution is 0.220. The Kier molecular flexibility index (Phi) is 4.40. The summed E-state index contributed by atoms with van der Waals surface area (Å²) in [5.41, 5.74) is 1.21. The maximum atomic E-state index is 5.58. The first-order chi connectivity index (χ1) is 10.2. The molecular weight excluding hydrogens is 330 g/mol. The van der Waals surface area contributed by atoms with E-state index in [1.165, 1.54) is 5.56 Å². The second-order valence-corrected chi connectivity index (χ2v) is 6.65. The van der Waals surface area contributed by atoms with Gasteiger partial charge in [-0.05, 0) is 43.5 Å². The van der Waals surface area contributed by atoms with E-state index in [1.54, 1.807) is 0 Å². The van der Waals surface area contributed by atoms with Crippen molar-refractivity contribution in [2.75, 3.05) is 13.1 Å². The highest BCUT2D eigenvalue weighted by molar-refractivity contribution is 9.10. The molecule has 0 bridgehead atoms. The van der Waals surface area contributed by atoms with Crippen molar-refractivity contribution in [1.29, 1.82) is 0 Å². The largest absolute Gasteiger partial charge is 0.339 e. The molecule has 3 rings (SSSR count). The van der Waals surface area contributed by atoms with Crippen LogP contribution in [0.3, 0.4) is 0 Å². The van der Waals surface area contributed by atoms with E-state index in [-0.39, 0.29) is 5.41 Å². The summed E-state index contributed by atoms with van der Waals surface area (Å²) >= 11 is 3.45. The molecule has 2 heterocycles. The van der Waals surface area contributed by atoms with Crippen LogP contribution < -0.4 is 5.32 Å². The molecule has 0 radical (unpaired) electrons. The van der Waals surface area contributed by atoms with Crippen LogP contribution in [0.5, 0.6) is 0 Å². The summed E-state index contributed by atoms with van der Waals surface area (Å²) < 4.78 is 6.67. The van der Waals surface area contributed by atoms with Crippen molar-refractivity contribution in [3.63, 3.8) is 0 Å². The lowest BCUT2D eigenvalue weighted by atomic mass is 9.78. The Hall–Kier alpha value is -1.20. The van der Waals surface area contributed by atoms with Crippen LogP contribution in [0.25, 0.3) is 0 Å². The van der Waals surface area contributed by atoms with Crippen molar-refractivity contribution in [1.82, 2.24) is 15.5 Å². The van der Waals surface area contributed by atoms with Gasteiger partial charge >= 0.3 is 0 Å². The number of hydrogen-bond donors (Lipinski definition) is 1. The minimum Gasteiger partial charge on any atom is -0.339 e. The van der Waals surface area contributed by atoms with E-state index in [1.807, 2.05) is 12.1 Å². The van der Waals surface area contributed by atoms with Gasteiger partial charge in [0.1, 0.15) is 0 Å². The minimum absolute atomic E-state index is 0.0171. The predicted molar refractivity (Wildman–Crippen MR) is 85.3 cm³/mol. The van der Waals surface area contributed by atoms with Crippen molar-refractivity contribution in [2.24, 2.45) is 0 Å². The third-order valence-electron chi connectivity index (χ3n) is 4.35. The zero-order valence-electron chi connectivity index (χ0n) is 12.2. The average molecular weight is 350 g/mol. The molecule has 1 unspecified atom stereocenters. The Balaban J connectivity index is 1.77. The number of nitrogens with one attached hydrogen (secondary N) is 1. The fourth-order valence-corrected chi connectivity index (χ4v) is 3.19. The molecule has 0 aliphatic carbocycles. The third kappa shape index (κ3) is 3.19. The normalized spacial score (nSPS) is 22.4. The first-order valence-electron chi connectivity index (χ1n) is 7.50. The van der Waals surface area contributed by atoms with Gasteiger partial charge in [0, 0.05) is 17.4 Å². The molecule has 0 saturated carbocycles. The molecule has 0 amide bonds. The molecule has 1 atom stereocenters. The minimum atomic E-state index is 0.0171. The molecule has 1 aromatic carbocycles. The molecule has 112 valence electrons. The van der Waals surface area contributed by atoms with Crippen molar-refractivity contribution in [3.8, 4) is 0 Å². The smallest absolute Gasteiger partial charge is 0.234 e. The van der Waals surface area contributed by atoms with Gasteiger partial charge in [0.2, 0.25) is 5.89 Å². The highest BCUT2D eigenvalue weighted by Gasteiger charge is 2.37. The third-order valence-corrected chi connectivity index (χ3v) is 4.87. The molecule has 1 aliphatic rings. The van der Waals surface area contributed by atoms with Gasteiger partial charge in [-0.15, -0.1) is 0 Å². The number of piperidine rings is 1. The Labute approximate surface area is 133 Å². The van der Waals surface area contributed by atoms with Crippen molar-refractivity contribution >= 4 is 15.9 Å². The van der Waals surface area contributed by atoms with Crippen LogP contribution in [-0.2, 0) is 11.8 Å². The molecule has 1 aliphatic heterocycles. The van der Waals surface area contributed by atoms with E-state index in [0.717, 1.165) is 48.5 Å². The van der Waals surface area contributed by atoms with Gasteiger partial charge in [-0.25, -0.2) is 0 Å². The van der Waals surface area contributed by atoms with Crippen LogP contribution in [0.4, 0.5) is 0 Å². The summed E-state index contributed by atoms with van der Waals surface area (Å²) in [5, 5.41) is 7.63. The zero-order valence-corrected chi connectivity index (χ0v) is 13.8. The van der Waals surface area contributed by atoms with Crippen molar-refractivity contribution in [3.05, 3.63) is 46.0 Å². The molecule has 1 fully saturated rings. The van der Waals surface area contributed by atoms with E-state index in [0.29, 0.717) is 6.42 Å². The number of aromatic nitrogens is 2. The molecule has 1 aromatic heterocycles. The first kappa shape index (κ1) is 14.7. The number of nitrogens with zero attached hydrogens (tertiary/aromatic N) is 2. The van der Waals surface area contributed by atoms with Crippen LogP contribution in [0, 0.1) is 0 Å². The molecule has 0 spiro atoms. The van der Waals surface area contributed by atoms with Gasteiger partial charge in [0.25, 0.3) is 0 Å². The highest BCUT2D eigenvalue weighted by atomic mass is 79.9. The first-order valence-corrected chi connectivity index (χ1v) is 8.29. The van der Waals surface area contributed by atoms with Gasteiger partial charge in [0.05, 0.1) is 5.41 Å². The molecule has 21 heavy (non-hydrogen) atoms. The van der Waals surface area contributed by atoms with E-state index in [9.17, 15) is 0 Å². The topological polar surface area (TPSA) is 51.0 Å². The lowest BCUT2D eigenvalue weighted by Gasteiger charge is -2.33. The van der Waals surface area contributed by atoms with E-state index in [4.69, 9.17) is 4.52 Å². The van der Waals surface area contributed by atoms with Crippen LogP contribution in [0.2, 0.25) is 0 Å². The quantitative estimate of drug-likeness (QED) is 0.918. The maximum absolute atomic E-state index is 5.58. The highest BCUT2D eigenvalue weighted by Crippen LogP contribution is 2.33. The second-order valence-electron chi connectivity index (χ2n) is 5.73. The van der Waals surface area contributed by atoms with Gasteiger partial charge < -0.3 is 9.84 Å². The average Bonchev–Trinajstić information content (AvgIpc) is 2.99. The zero-order chi connectivity index (χ0) is 14.7. The van der Waals surface area contributed by atoms with Gasteiger partial charge in [-0.1, -0.05) is 40.1 Å². The van der Waals surface area contributed by atoms with E-state index in [2.05, 4.69) is 50.4 Å². The molecular formula is C16H20BrN3O. The number of rotatable bonds is 4. The predicted octanol–water partition coefficient (Wildman–Crippen LogP) is 3.45. The summed E-state index contributed by atoms with van der Waals surface area (Å²) in [4.78, 5) is 4.67. The molecule has 1 saturated heterocycles. The summed E-state index contributed by atoms with van der Waals surface area (Å²) in [6.45, 7) is 4.22. The Morgan fingerprint density at radius 3 is 2.81 bits per heavy atom. The monoisotopic (exact) mass is 349 g/mol. The molecule has 5 heteroatoms. The van der Waals surface area contributed by atoms with Gasteiger partial charge in [-0.2, -0.15) is 4.98 Å². The van der Waals surface area contributed by atoms with E-state index < -0.39 is 0 Å². The summed E-state index contributed by atoms with van der Waals surface area (Å²) in [7, 11) is 0. The van der Waals surface area contributed by atoms with Gasteiger partial charge in [0.15, 0.2) is 5.82 Å². The summed E-state index contributed by atoms with van der Waals surface area (Å²) in [6, 6.07) is 8.24. The Morgan fingerprint density at radius 1 is 1.33 bits per heavy atom. The number of benzene rings is 1. The van der Waals surface area contributed by atoms with Crippen molar-refractivity contribution < 1.29 is 4.52 Å². The molecule has 2 aromatic rings. The fraction of sp³-hybridized carbons (Fsp3) is 0.500. The maximum Gasteiger partial charge on any atom is 0.234 e. The number of hydrogen-bond acceptors (Lipinski definition) is 4. The lowest BCUT2D eigenvalue weighted by Crippen LogP contribution is -2.43. The fourth-order valence-electron chi connectivity index (χ4n) is 2.93. The van der Waals surface area contributed by atoms with E-state index >= 15 is 0 Å². The van der Waals surface area contributed by atoms with Crippen LogP contribution >= 0.6 is 15.9 Å².